The summed E-state index contributed by atoms with van der Waals surface area (Å²) < 4.78 is 37.0. The molecule has 0 radical (unpaired) electrons. The standard InChI is InChI=1S/C16H25F3N6.HI/c1-20-15(22-7-8-23(2)13-16(17,18)19)25-11-9-24(10-12-25)14-5-3-4-6-21-14;/h3-6H,7-13H2,1-2H3,(H,20,22);1H. The predicted octanol–water partition coefficient (Wildman–Crippen LogP) is 1.89. The van der Waals surface area contributed by atoms with Crippen LogP contribution in [0.3, 0.4) is 0 Å². The monoisotopic (exact) mass is 486 g/mol. The summed E-state index contributed by atoms with van der Waals surface area (Å²) in [7, 11) is 3.15. The molecule has 0 unspecified atom stereocenters. The lowest BCUT2D eigenvalue weighted by Gasteiger charge is -2.37. The molecule has 1 fully saturated rings. The Kier molecular flexibility index (Phi) is 9.41. The molecule has 6 nitrogen and oxygen atoms in total. The van der Waals surface area contributed by atoms with Gasteiger partial charge in [0.25, 0.3) is 0 Å². The Labute approximate surface area is 169 Å². The molecule has 0 spiro atoms. The Balaban J connectivity index is 0.00000338. The molecule has 0 aliphatic carbocycles. The van der Waals surface area contributed by atoms with Crippen LogP contribution in [0.25, 0.3) is 0 Å². The smallest absolute Gasteiger partial charge is 0.355 e. The van der Waals surface area contributed by atoms with E-state index >= 15 is 0 Å². The van der Waals surface area contributed by atoms with Gasteiger partial charge in [0.05, 0.1) is 6.54 Å². The first-order chi connectivity index (χ1) is 11.9. The average Bonchev–Trinajstić information content (AvgIpc) is 2.58. The Morgan fingerprint density at radius 1 is 1.27 bits per heavy atom. The van der Waals surface area contributed by atoms with E-state index < -0.39 is 12.7 Å². The van der Waals surface area contributed by atoms with E-state index in [0.29, 0.717) is 13.1 Å². The van der Waals surface area contributed by atoms with Crippen molar-refractivity contribution in [2.24, 2.45) is 4.99 Å². The molecule has 2 heterocycles. The minimum Gasteiger partial charge on any atom is -0.355 e. The fourth-order valence-electron chi connectivity index (χ4n) is 2.76. The number of likely N-dealkylation sites (N-methyl/N-ethyl adjacent to an activating group) is 1. The van der Waals surface area contributed by atoms with Gasteiger partial charge in [-0.25, -0.2) is 4.98 Å². The molecule has 1 aliphatic heterocycles. The fraction of sp³-hybridized carbons (Fsp3) is 0.625. The topological polar surface area (TPSA) is 47.0 Å². The van der Waals surface area contributed by atoms with Crippen LogP contribution in [0.1, 0.15) is 0 Å². The molecule has 1 N–H and O–H groups in total. The highest BCUT2D eigenvalue weighted by molar-refractivity contribution is 14.0. The van der Waals surface area contributed by atoms with Gasteiger partial charge in [-0.2, -0.15) is 13.2 Å². The van der Waals surface area contributed by atoms with Gasteiger partial charge in [0.15, 0.2) is 5.96 Å². The minimum atomic E-state index is -4.17. The summed E-state index contributed by atoms with van der Waals surface area (Å²) in [5.74, 6) is 1.68. The largest absolute Gasteiger partial charge is 0.401 e. The molecule has 0 amide bonds. The number of halogens is 4. The second-order valence-corrected chi connectivity index (χ2v) is 5.99. The summed E-state index contributed by atoms with van der Waals surface area (Å²) in [6.45, 7) is 3.03. The molecule has 0 bridgehead atoms. The van der Waals surface area contributed by atoms with Crippen LogP contribution in [-0.2, 0) is 0 Å². The Hall–Kier alpha value is -1.30. The summed E-state index contributed by atoms with van der Waals surface area (Å²) >= 11 is 0. The van der Waals surface area contributed by atoms with Gasteiger partial charge >= 0.3 is 6.18 Å². The van der Waals surface area contributed by atoms with Crippen LogP contribution in [0.15, 0.2) is 29.4 Å². The zero-order valence-corrected chi connectivity index (χ0v) is 17.4. The average molecular weight is 486 g/mol. The number of anilines is 1. The number of rotatable bonds is 5. The highest BCUT2D eigenvalue weighted by Crippen LogP contribution is 2.15. The minimum absolute atomic E-state index is 0. The normalized spacial score (nSPS) is 15.8. The third-order valence-electron chi connectivity index (χ3n) is 3.99. The van der Waals surface area contributed by atoms with Crippen molar-refractivity contribution in [3.05, 3.63) is 24.4 Å². The lowest BCUT2D eigenvalue weighted by molar-refractivity contribution is -0.142. The van der Waals surface area contributed by atoms with Gasteiger partial charge in [0, 0.05) is 52.5 Å². The molecule has 10 heteroatoms. The molecule has 1 aliphatic rings. The number of pyridine rings is 1. The summed E-state index contributed by atoms with van der Waals surface area (Å²) in [5, 5.41) is 3.14. The first kappa shape index (κ1) is 22.7. The molecule has 0 saturated carbocycles. The van der Waals surface area contributed by atoms with Gasteiger partial charge in [-0.15, -0.1) is 24.0 Å². The molecule has 0 aromatic carbocycles. The first-order valence-corrected chi connectivity index (χ1v) is 8.26. The highest BCUT2D eigenvalue weighted by atomic mass is 127. The molecule has 1 saturated heterocycles. The van der Waals surface area contributed by atoms with Crippen molar-refractivity contribution < 1.29 is 13.2 Å². The maximum absolute atomic E-state index is 12.3. The van der Waals surface area contributed by atoms with Crippen LogP contribution in [0.2, 0.25) is 0 Å². The number of hydrogen-bond acceptors (Lipinski definition) is 4. The van der Waals surface area contributed by atoms with Crippen LogP contribution in [-0.4, -0.2) is 86.8 Å². The van der Waals surface area contributed by atoms with Crippen LogP contribution < -0.4 is 10.2 Å². The SMILES string of the molecule is CN=C(NCCN(C)CC(F)(F)F)N1CCN(c2ccccn2)CC1.I. The molecule has 1 aromatic rings. The summed E-state index contributed by atoms with van der Waals surface area (Å²) in [4.78, 5) is 14.2. The molecule has 148 valence electrons. The van der Waals surface area contributed by atoms with Crippen molar-refractivity contribution in [1.29, 1.82) is 0 Å². The van der Waals surface area contributed by atoms with Crippen molar-refractivity contribution in [1.82, 2.24) is 20.1 Å². The summed E-state index contributed by atoms with van der Waals surface area (Å²) in [5.41, 5.74) is 0. The van der Waals surface area contributed by atoms with E-state index in [-0.39, 0.29) is 24.0 Å². The van der Waals surface area contributed by atoms with E-state index in [4.69, 9.17) is 0 Å². The zero-order chi connectivity index (χ0) is 18.3. The van der Waals surface area contributed by atoms with Crippen molar-refractivity contribution in [2.45, 2.75) is 6.18 Å². The van der Waals surface area contributed by atoms with Gasteiger partial charge in [0.2, 0.25) is 0 Å². The van der Waals surface area contributed by atoms with E-state index in [1.54, 1.807) is 13.2 Å². The Bertz CT molecular complexity index is 547. The summed E-state index contributed by atoms with van der Waals surface area (Å²) in [6.07, 6.45) is -2.39. The Morgan fingerprint density at radius 2 is 1.96 bits per heavy atom. The van der Waals surface area contributed by atoms with E-state index in [0.717, 1.165) is 38.0 Å². The maximum Gasteiger partial charge on any atom is 0.401 e. The number of alkyl halides is 3. The molecular formula is C16H26F3IN6. The van der Waals surface area contributed by atoms with Gasteiger partial charge in [-0.05, 0) is 19.2 Å². The number of nitrogens with one attached hydrogen (secondary N) is 1. The Morgan fingerprint density at radius 3 is 2.50 bits per heavy atom. The van der Waals surface area contributed by atoms with Crippen LogP contribution in [0, 0.1) is 0 Å². The van der Waals surface area contributed by atoms with Crippen molar-refractivity contribution in [3.63, 3.8) is 0 Å². The fourth-order valence-corrected chi connectivity index (χ4v) is 2.76. The molecule has 1 aromatic heterocycles. The van der Waals surface area contributed by atoms with Crippen LogP contribution >= 0.6 is 24.0 Å². The lowest BCUT2D eigenvalue weighted by Crippen LogP contribution is -2.53. The second-order valence-electron chi connectivity index (χ2n) is 5.99. The van der Waals surface area contributed by atoms with Crippen molar-refractivity contribution in [3.8, 4) is 0 Å². The molecular weight excluding hydrogens is 460 g/mol. The first-order valence-electron chi connectivity index (χ1n) is 8.26. The van der Waals surface area contributed by atoms with Gasteiger partial charge < -0.3 is 15.1 Å². The van der Waals surface area contributed by atoms with Crippen molar-refractivity contribution >= 4 is 35.8 Å². The van der Waals surface area contributed by atoms with E-state index in [1.807, 2.05) is 18.2 Å². The highest BCUT2D eigenvalue weighted by Gasteiger charge is 2.29. The van der Waals surface area contributed by atoms with Gasteiger partial charge in [-0.1, -0.05) is 6.07 Å². The van der Waals surface area contributed by atoms with E-state index in [9.17, 15) is 13.2 Å². The maximum atomic E-state index is 12.3. The third-order valence-corrected chi connectivity index (χ3v) is 3.99. The number of nitrogens with zero attached hydrogens (tertiary/aromatic N) is 5. The second kappa shape index (κ2) is 10.8. The van der Waals surface area contributed by atoms with Gasteiger partial charge in [-0.3, -0.25) is 9.89 Å². The predicted molar refractivity (Wildman–Crippen MR) is 108 cm³/mol. The summed E-state index contributed by atoms with van der Waals surface area (Å²) in [6, 6.07) is 5.84. The molecule has 0 atom stereocenters. The zero-order valence-electron chi connectivity index (χ0n) is 15.0. The number of piperazine rings is 1. The van der Waals surface area contributed by atoms with E-state index in [1.165, 1.54) is 11.9 Å². The number of guanidine groups is 1. The van der Waals surface area contributed by atoms with Gasteiger partial charge in [0.1, 0.15) is 5.82 Å². The number of aliphatic imine (C=N–C) groups is 1. The quantitative estimate of drug-likeness (QED) is 0.392. The van der Waals surface area contributed by atoms with Crippen LogP contribution in [0.4, 0.5) is 19.0 Å². The lowest BCUT2D eigenvalue weighted by atomic mass is 10.3. The van der Waals surface area contributed by atoms with E-state index in [2.05, 4.69) is 25.1 Å². The molecule has 2 rings (SSSR count). The van der Waals surface area contributed by atoms with Crippen molar-refractivity contribution in [2.75, 3.05) is 64.8 Å². The van der Waals surface area contributed by atoms with Crippen LogP contribution in [0.5, 0.6) is 0 Å². The third kappa shape index (κ3) is 7.52. The number of hydrogen-bond donors (Lipinski definition) is 1. The number of aromatic nitrogens is 1. The molecule has 26 heavy (non-hydrogen) atoms.